The van der Waals surface area contributed by atoms with Gasteiger partial charge in [-0.25, -0.2) is 4.98 Å². The highest BCUT2D eigenvalue weighted by Gasteiger charge is 2.24. The van der Waals surface area contributed by atoms with E-state index in [2.05, 4.69) is 25.8 Å². The molecule has 0 unspecified atom stereocenters. The number of rotatable bonds is 5. The van der Waals surface area contributed by atoms with E-state index in [9.17, 15) is 0 Å². The van der Waals surface area contributed by atoms with E-state index < -0.39 is 0 Å². The maximum atomic E-state index is 5.93. The number of hydrogen-bond acceptors (Lipinski definition) is 6. The van der Waals surface area contributed by atoms with Gasteiger partial charge in [0, 0.05) is 28.3 Å². The van der Waals surface area contributed by atoms with Crippen molar-refractivity contribution in [1.29, 1.82) is 0 Å². The van der Waals surface area contributed by atoms with Crippen LogP contribution in [0.4, 0.5) is 5.13 Å². The number of aromatic nitrogens is 1. The maximum Gasteiger partial charge on any atom is 0.180 e. The van der Waals surface area contributed by atoms with E-state index in [1.54, 1.807) is 21.3 Å². The summed E-state index contributed by atoms with van der Waals surface area (Å²) in [4.78, 5) is 5.65. The fraction of sp³-hybridized carbons (Fsp3) is 0.471. The third-order valence-electron chi connectivity index (χ3n) is 3.56. The predicted molar refractivity (Wildman–Crippen MR) is 94.1 cm³/mol. The van der Waals surface area contributed by atoms with Crippen LogP contribution in [0.3, 0.4) is 0 Å². The van der Waals surface area contributed by atoms with E-state index in [1.165, 1.54) is 11.3 Å². The second kappa shape index (κ2) is 6.66. The molecule has 0 aliphatic heterocycles. The Hall–Kier alpha value is -1.95. The molecular formula is C17H24N2O3S. The van der Waals surface area contributed by atoms with Gasteiger partial charge in [-0.05, 0) is 6.07 Å². The SMILES string of the molecule is COc1cc(OC)c(OC)cc1Cc1sc(N)nc1C(C)(C)C. The summed E-state index contributed by atoms with van der Waals surface area (Å²) in [6, 6.07) is 3.79. The number of methoxy groups -OCH3 is 3. The van der Waals surface area contributed by atoms with Crippen molar-refractivity contribution in [2.24, 2.45) is 0 Å². The third kappa shape index (κ3) is 3.69. The minimum Gasteiger partial charge on any atom is -0.496 e. The molecule has 5 nitrogen and oxygen atoms in total. The fourth-order valence-corrected chi connectivity index (χ4v) is 3.54. The molecule has 0 atom stereocenters. The minimum atomic E-state index is -0.0623. The van der Waals surface area contributed by atoms with Crippen molar-refractivity contribution < 1.29 is 14.2 Å². The molecule has 6 heteroatoms. The Morgan fingerprint density at radius 2 is 1.57 bits per heavy atom. The van der Waals surface area contributed by atoms with Gasteiger partial charge in [0.05, 0.1) is 27.0 Å². The van der Waals surface area contributed by atoms with Crippen LogP contribution in [0.2, 0.25) is 0 Å². The zero-order valence-corrected chi connectivity index (χ0v) is 15.3. The molecule has 0 aliphatic carbocycles. The van der Waals surface area contributed by atoms with Crippen LogP contribution < -0.4 is 19.9 Å². The van der Waals surface area contributed by atoms with Gasteiger partial charge in [-0.3, -0.25) is 0 Å². The molecule has 0 aliphatic rings. The van der Waals surface area contributed by atoms with Gasteiger partial charge >= 0.3 is 0 Å². The van der Waals surface area contributed by atoms with Crippen LogP contribution in [0, 0.1) is 0 Å². The monoisotopic (exact) mass is 336 g/mol. The molecule has 1 aromatic carbocycles. The summed E-state index contributed by atoms with van der Waals surface area (Å²) in [6.45, 7) is 6.41. The Bertz CT molecular complexity index is 690. The molecule has 0 radical (unpaired) electrons. The molecule has 0 saturated heterocycles. The van der Waals surface area contributed by atoms with Crippen molar-refractivity contribution in [3.8, 4) is 17.2 Å². The van der Waals surface area contributed by atoms with Gasteiger partial charge in [-0.15, -0.1) is 11.3 Å². The molecular weight excluding hydrogens is 312 g/mol. The Labute approximate surface area is 141 Å². The van der Waals surface area contributed by atoms with E-state index in [-0.39, 0.29) is 5.41 Å². The first kappa shape index (κ1) is 17.4. The number of anilines is 1. The first-order chi connectivity index (χ1) is 10.8. The molecule has 1 heterocycles. The summed E-state index contributed by atoms with van der Waals surface area (Å²) in [5.74, 6) is 2.08. The fourth-order valence-electron chi connectivity index (χ4n) is 2.48. The van der Waals surface area contributed by atoms with Gasteiger partial charge in [-0.2, -0.15) is 0 Å². The highest BCUT2D eigenvalue weighted by Crippen LogP contribution is 2.38. The van der Waals surface area contributed by atoms with E-state index in [1.807, 2.05) is 12.1 Å². The Morgan fingerprint density at radius 1 is 1.00 bits per heavy atom. The van der Waals surface area contributed by atoms with Gasteiger partial charge in [0.1, 0.15) is 5.75 Å². The van der Waals surface area contributed by atoms with Gasteiger partial charge in [-0.1, -0.05) is 20.8 Å². The predicted octanol–water partition coefficient (Wildman–Crippen LogP) is 3.64. The summed E-state index contributed by atoms with van der Waals surface area (Å²) in [5.41, 5.74) is 7.91. The second-order valence-corrected chi connectivity index (χ2v) is 7.38. The van der Waals surface area contributed by atoms with E-state index >= 15 is 0 Å². The van der Waals surface area contributed by atoms with Gasteiger partial charge in [0.15, 0.2) is 16.6 Å². The standard InChI is InChI=1S/C17H24N2O3S/c1-17(2,3)15-14(23-16(18)19-15)8-10-7-12(21-5)13(22-6)9-11(10)20-4/h7,9H,8H2,1-6H3,(H2,18,19). The molecule has 0 amide bonds. The lowest BCUT2D eigenvalue weighted by atomic mass is 9.90. The number of nitrogens with zero attached hydrogens (tertiary/aromatic N) is 1. The van der Waals surface area contributed by atoms with Crippen molar-refractivity contribution in [3.63, 3.8) is 0 Å². The third-order valence-corrected chi connectivity index (χ3v) is 4.45. The smallest absolute Gasteiger partial charge is 0.180 e. The highest BCUT2D eigenvalue weighted by atomic mass is 32.1. The van der Waals surface area contributed by atoms with E-state index in [0.29, 0.717) is 23.1 Å². The molecule has 23 heavy (non-hydrogen) atoms. The van der Waals surface area contributed by atoms with Crippen LogP contribution in [-0.2, 0) is 11.8 Å². The normalized spacial score (nSPS) is 11.4. The number of thiazole rings is 1. The Morgan fingerprint density at radius 3 is 2.09 bits per heavy atom. The largest absolute Gasteiger partial charge is 0.496 e. The molecule has 126 valence electrons. The molecule has 2 N–H and O–H groups in total. The number of nitrogens with two attached hydrogens (primary N) is 1. The van der Waals surface area contributed by atoms with Crippen LogP contribution >= 0.6 is 11.3 Å². The van der Waals surface area contributed by atoms with Crippen LogP contribution in [0.15, 0.2) is 12.1 Å². The summed E-state index contributed by atoms with van der Waals surface area (Å²) in [5, 5.41) is 0.587. The molecule has 1 aromatic heterocycles. The van der Waals surface area contributed by atoms with Crippen molar-refractivity contribution in [3.05, 3.63) is 28.3 Å². The van der Waals surface area contributed by atoms with Crippen LogP contribution in [-0.4, -0.2) is 26.3 Å². The lowest BCUT2D eigenvalue weighted by molar-refractivity contribution is 0.348. The number of nitrogen functional groups attached to an aromatic ring is 1. The average Bonchev–Trinajstić information content (AvgIpc) is 2.87. The first-order valence-electron chi connectivity index (χ1n) is 7.34. The Kier molecular flexibility index (Phi) is 5.04. The lowest BCUT2D eigenvalue weighted by Crippen LogP contribution is -2.14. The topological polar surface area (TPSA) is 66.6 Å². The molecule has 0 saturated carbocycles. The van der Waals surface area contributed by atoms with Crippen LogP contribution in [0.5, 0.6) is 17.2 Å². The summed E-state index contributed by atoms with van der Waals surface area (Å²) in [7, 11) is 4.88. The summed E-state index contributed by atoms with van der Waals surface area (Å²) >= 11 is 1.52. The van der Waals surface area contributed by atoms with E-state index in [0.717, 1.165) is 21.9 Å². The summed E-state index contributed by atoms with van der Waals surface area (Å²) in [6.07, 6.45) is 0.686. The van der Waals surface area contributed by atoms with Gasteiger partial charge in [0.25, 0.3) is 0 Å². The summed E-state index contributed by atoms with van der Waals surface area (Å²) < 4.78 is 16.2. The van der Waals surface area contributed by atoms with Crippen molar-refractivity contribution in [2.75, 3.05) is 27.1 Å². The average molecular weight is 336 g/mol. The quantitative estimate of drug-likeness (QED) is 0.903. The van der Waals surface area contributed by atoms with Crippen molar-refractivity contribution in [2.45, 2.75) is 32.6 Å². The Balaban J connectivity index is 2.48. The molecule has 0 spiro atoms. The molecule has 0 bridgehead atoms. The number of benzene rings is 1. The zero-order chi connectivity index (χ0) is 17.2. The zero-order valence-electron chi connectivity index (χ0n) is 14.5. The molecule has 2 rings (SSSR count). The maximum absolute atomic E-state index is 5.93. The second-order valence-electron chi connectivity index (χ2n) is 6.27. The van der Waals surface area contributed by atoms with Crippen LogP contribution in [0.1, 0.15) is 36.9 Å². The van der Waals surface area contributed by atoms with Crippen molar-refractivity contribution >= 4 is 16.5 Å². The van der Waals surface area contributed by atoms with Crippen LogP contribution in [0.25, 0.3) is 0 Å². The highest BCUT2D eigenvalue weighted by molar-refractivity contribution is 7.15. The van der Waals surface area contributed by atoms with Gasteiger partial charge < -0.3 is 19.9 Å². The number of hydrogen-bond donors (Lipinski definition) is 1. The number of ether oxygens (including phenoxy) is 3. The van der Waals surface area contributed by atoms with E-state index in [4.69, 9.17) is 19.9 Å². The first-order valence-corrected chi connectivity index (χ1v) is 8.16. The van der Waals surface area contributed by atoms with Gasteiger partial charge in [0.2, 0.25) is 0 Å². The van der Waals surface area contributed by atoms with Crippen molar-refractivity contribution in [1.82, 2.24) is 4.98 Å². The minimum absolute atomic E-state index is 0.0623. The molecule has 2 aromatic rings. The molecule has 0 fully saturated rings. The lowest BCUT2D eigenvalue weighted by Gasteiger charge is -2.18.